The molecule has 2 aliphatic heterocycles. The SMILES string of the molecule is COc1ccn2c(C3CCCN(C(C)=O)C3)nc(-c3ccc4c(c3)OCO4)c2c1. The van der Waals surface area contributed by atoms with Gasteiger partial charge in [-0.2, -0.15) is 0 Å². The summed E-state index contributed by atoms with van der Waals surface area (Å²) in [6.07, 6.45) is 3.99. The number of amides is 1. The number of pyridine rings is 1. The Morgan fingerprint density at radius 3 is 2.90 bits per heavy atom. The second-order valence-electron chi connectivity index (χ2n) is 7.51. The lowest BCUT2D eigenvalue weighted by Crippen LogP contribution is -2.38. The summed E-state index contributed by atoms with van der Waals surface area (Å²) in [6, 6.07) is 9.83. The number of rotatable bonds is 3. The van der Waals surface area contributed by atoms with Gasteiger partial charge >= 0.3 is 0 Å². The van der Waals surface area contributed by atoms with Gasteiger partial charge in [0.05, 0.1) is 18.3 Å². The highest BCUT2D eigenvalue weighted by Crippen LogP contribution is 2.38. The lowest BCUT2D eigenvalue weighted by Gasteiger charge is -2.31. The van der Waals surface area contributed by atoms with Crippen LogP contribution in [0.2, 0.25) is 0 Å². The van der Waals surface area contributed by atoms with Gasteiger partial charge in [-0.05, 0) is 37.1 Å². The molecule has 0 bridgehead atoms. The van der Waals surface area contributed by atoms with Crippen molar-refractivity contribution in [1.29, 1.82) is 0 Å². The predicted molar refractivity (Wildman–Crippen MR) is 108 cm³/mol. The Labute approximate surface area is 168 Å². The van der Waals surface area contributed by atoms with Crippen molar-refractivity contribution in [2.75, 3.05) is 27.0 Å². The number of ether oxygens (including phenoxy) is 3. The third-order valence-electron chi connectivity index (χ3n) is 5.76. The molecular weight excluding hydrogens is 370 g/mol. The number of benzene rings is 1. The van der Waals surface area contributed by atoms with Crippen LogP contribution in [0.1, 0.15) is 31.5 Å². The molecule has 3 aromatic rings. The van der Waals surface area contributed by atoms with Gasteiger partial charge < -0.3 is 23.5 Å². The largest absolute Gasteiger partial charge is 0.497 e. The van der Waals surface area contributed by atoms with Crippen LogP contribution in [0, 0.1) is 0 Å². The molecule has 0 saturated carbocycles. The highest BCUT2D eigenvalue weighted by Gasteiger charge is 2.28. The first kappa shape index (κ1) is 17.8. The number of methoxy groups -OCH3 is 1. The maximum Gasteiger partial charge on any atom is 0.231 e. The number of likely N-dealkylation sites (tertiary alicyclic amines) is 1. The zero-order valence-corrected chi connectivity index (χ0v) is 16.6. The highest BCUT2D eigenvalue weighted by molar-refractivity contribution is 5.80. The van der Waals surface area contributed by atoms with Crippen molar-refractivity contribution in [2.24, 2.45) is 0 Å². The Balaban J connectivity index is 1.63. The Hall–Kier alpha value is -3.22. The molecule has 2 aliphatic rings. The van der Waals surface area contributed by atoms with Crippen LogP contribution in [0.15, 0.2) is 36.5 Å². The smallest absolute Gasteiger partial charge is 0.231 e. The molecule has 4 heterocycles. The average Bonchev–Trinajstić information content (AvgIpc) is 3.37. The minimum absolute atomic E-state index is 0.119. The zero-order valence-electron chi connectivity index (χ0n) is 16.6. The van der Waals surface area contributed by atoms with E-state index in [1.807, 2.05) is 41.4 Å². The standard InChI is InChI=1S/C22H23N3O4/c1-14(26)24-8-3-4-16(12-24)22-23-21(18-11-17(27-2)7-9-25(18)22)15-5-6-19-20(10-15)29-13-28-19/h5-7,9-11,16H,3-4,8,12-13H2,1-2H3. The Kier molecular flexibility index (Phi) is 4.30. The maximum absolute atomic E-state index is 11.9. The van der Waals surface area contributed by atoms with E-state index < -0.39 is 0 Å². The third kappa shape index (κ3) is 3.06. The quantitative estimate of drug-likeness (QED) is 0.682. The number of hydrogen-bond acceptors (Lipinski definition) is 5. The fraction of sp³-hybridized carbons (Fsp3) is 0.364. The molecule has 1 amide bonds. The molecule has 0 N–H and O–H groups in total. The Morgan fingerprint density at radius 2 is 2.07 bits per heavy atom. The van der Waals surface area contributed by atoms with Crippen molar-refractivity contribution >= 4 is 11.4 Å². The predicted octanol–water partition coefficient (Wildman–Crippen LogP) is 3.46. The van der Waals surface area contributed by atoms with Crippen LogP contribution in [0.5, 0.6) is 17.2 Å². The molecule has 5 rings (SSSR count). The van der Waals surface area contributed by atoms with Gasteiger partial charge in [-0.15, -0.1) is 0 Å². The summed E-state index contributed by atoms with van der Waals surface area (Å²) in [5.74, 6) is 3.54. The minimum Gasteiger partial charge on any atom is -0.497 e. The highest BCUT2D eigenvalue weighted by atomic mass is 16.7. The molecule has 29 heavy (non-hydrogen) atoms. The summed E-state index contributed by atoms with van der Waals surface area (Å²) >= 11 is 0. The number of aromatic nitrogens is 2. The molecule has 7 nitrogen and oxygen atoms in total. The van der Waals surface area contributed by atoms with Crippen molar-refractivity contribution in [3.05, 3.63) is 42.4 Å². The number of nitrogens with zero attached hydrogens (tertiary/aromatic N) is 3. The molecule has 1 atom stereocenters. The molecule has 2 aromatic heterocycles. The maximum atomic E-state index is 11.9. The Morgan fingerprint density at radius 1 is 1.21 bits per heavy atom. The molecule has 1 fully saturated rings. The molecule has 1 aromatic carbocycles. The van der Waals surface area contributed by atoms with Crippen molar-refractivity contribution in [3.8, 4) is 28.5 Å². The molecule has 1 unspecified atom stereocenters. The van der Waals surface area contributed by atoms with Gasteiger partial charge in [-0.25, -0.2) is 4.98 Å². The fourth-order valence-corrected chi connectivity index (χ4v) is 4.23. The van der Waals surface area contributed by atoms with Gasteiger partial charge in [0, 0.05) is 43.8 Å². The molecule has 0 aliphatic carbocycles. The van der Waals surface area contributed by atoms with Crippen LogP contribution in [0.3, 0.4) is 0 Å². The normalized spacial score (nSPS) is 18.3. The molecule has 0 spiro atoms. The molecule has 7 heteroatoms. The second kappa shape index (κ2) is 6.99. The number of imidazole rings is 1. The fourth-order valence-electron chi connectivity index (χ4n) is 4.23. The number of hydrogen-bond donors (Lipinski definition) is 0. The van der Waals surface area contributed by atoms with Crippen LogP contribution in [0.4, 0.5) is 0 Å². The monoisotopic (exact) mass is 393 g/mol. The third-order valence-corrected chi connectivity index (χ3v) is 5.76. The number of carbonyl (C=O) groups excluding carboxylic acids is 1. The van der Waals surface area contributed by atoms with Crippen LogP contribution in [0.25, 0.3) is 16.8 Å². The van der Waals surface area contributed by atoms with E-state index in [4.69, 9.17) is 19.2 Å². The van der Waals surface area contributed by atoms with E-state index in [1.54, 1.807) is 14.0 Å². The summed E-state index contributed by atoms with van der Waals surface area (Å²) < 4.78 is 18.6. The van der Waals surface area contributed by atoms with Gasteiger partial charge in [0.25, 0.3) is 0 Å². The number of piperidine rings is 1. The summed E-state index contributed by atoms with van der Waals surface area (Å²) in [5.41, 5.74) is 2.81. The van der Waals surface area contributed by atoms with E-state index in [0.29, 0.717) is 6.54 Å². The second-order valence-corrected chi connectivity index (χ2v) is 7.51. The number of carbonyl (C=O) groups is 1. The zero-order chi connectivity index (χ0) is 20.0. The van der Waals surface area contributed by atoms with Crippen LogP contribution in [-0.4, -0.2) is 47.2 Å². The van der Waals surface area contributed by atoms with Crippen molar-refractivity contribution in [1.82, 2.24) is 14.3 Å². The van der Waals surface area contributed by atoms with Crippen LogP contribution >= 0.6 is 0 Å². The van der Waals surface area contributed by atoms with E-state index in [2.05, 4.69) is 4.40 Å². The average molecular weight is 393 g/mol. The van der Waals surface area contributed by atoms with Crippen LogP contribution in [-0.2, 0) is 4.79 Å². The van der Waals surface area contributed by atoms with Crippen molar-refractivity contribution in [3.63, 3.8) is 0 Å². The first-order valence-corrected chi connectivity index (χ1v) is 9.85. The first-order chi connectivity index (χ1) is 14.1. The van der Waals surface area contributed by atoms with Crippen molar-refractivity contribution in [2.45, 2.75) is 25.7 Å². The summed E-state index contributed by atoms with van der Waals surface area (Å²) in [4.78, 5) is 18.9. The minimum atomic E-state index is 0.119. The summed E-state index contributed by atoms with van der Waals surface area (Å²) in [5, 5.41) is 0. The van der Waals surface area contributed by atoms with Crippen molar-refractivity contribution < 1.29 is 19.0 Å². The van der Waals surface area contributed by atoms with Gasteiger partial charge in [-0.1, -0.05) is 0 Å². The van der Waals surface area contributed by atoms with Gasteiger partial charge in [0.15, 0.2) is 11.5 Å². The van der Waals surface area contributed by atoms with Crippen LogP contribution < -0.4 is 14.2 Å². The summed E-state index contributed by atoms with van der Waals surface area (Å²) in [6.45, 7) is 3.39. The van der Waals surface area contributed by atoms with E-state index in [1.165, 1.54) is 0 Å². The summed E-state index contributed by atoms with van der Waals surface area (Å²) in [7, 11) is 1.66. The van der Waals surface area contributed by atoms with E-state index >= 15 is 0 Å². The lowest BCUT2D eigenvalue weighted by molar-refractivity contribution is -0.130. The van der Waals surface area contributed by atoms with E-state index in [-0.39, 0.29) is 18.6 Å². The number of fused-ring (bicyclic) bond motifs is 2. The molecule has 1 saturated heterocycles. The van der Waals surface area contributed by atoms with Gasteiger partial charge in [0.1, 0.15) is 11.6 Å². The van der Waals surface area contributed by atoms with E-state index in [0.717, 1.165) is 59.2 Å². The van der Waals surface area contributed by atoms with Gasteiger partial charge in [0.2, 0.25) is 12.7 Å². The molecule has 150 valence electrons. The van der Waals surface area contributed by atoms with E-state index in [9.17, 15) is 4.79 Å². The Bertz CT molecular complexity index is 1090. The lowest BCUT2D eigenvalue weighted by atomic mass is 9.97. The topological polar surface area (TPSA) is 65.3 Å². The molecular formula is C22H23N3O4. The van der Waals surface area contributed by atoms with Gasteiger partial charge in [-0.3, -0.25) is 4.79 Å². The molecule has 0 radical (unpaired) electrons. The first-order valence-electron chi connectivity index (χ1n) is 9.85.